The van der Waals surface area contributed by atoms with Gasteiger partial charge in [0.05, 0.1) is 0 Å². The topological polar surface area (TPSA) is 42.1 Å². The third-order valence-electron chi connectivity index (χ3n) is 4.83. The van der Waals surface area contributed by atoms with Crippen molar-refractivity contribution in [3.63, 3.8) is 0 Å². The predicted molar refractivity (Wildman–Crippen MR) is 74.3 cm³/mol. The van der Waals surface area contributed by atoms with Crippen molar-refractivity contribution in [3.8, 4) is 0 Å². The van der Waals surface area contributed by atoms with Gasteiger partial charge in [-0.3, -0.25) is 0 Å². The fourth-order valence-corrected chi connectivity index (χ4v) is 3.81. The van der Waals surface area contributed by atoms with Crippen LogP contribution in [0.25, 0.3) is 0 Å². The van der Waals surface area contributed by atoms with E-state index in [9.17, 15) is 0 Å². The highest BCUT2D eigenvalue weighted by Gasteiger charge is 2.39. The Morgan fingerprint density at radius 2 is 2.22 bits per heavy atom. The minimum Gasteiger partial charge on any atom is -0.359 e. The van der Waals surface area contributed by atoms with Gasteiger partial charge in [-0.25, -0.2) is 4.98 Å². The van der Waals surface area contributed by atoms with Crippen molar-refractivity contribution in [1.82, 2.24) is 4.98 Å². The maximum absolute atomic E-state index is 5.60. The molecule has 0 aromatic carbocycles. The van der Waals surface area contributed by atoms with E-state index < -0.39 is 0 Å². The maximum Gasteiger partial charge on any atom is 0.128 e. The van der Waals surface area contributed by atoms with E-state index in [1.165, 1.54) is 25.7 Å². The van der Waals surface area contributed by atoms with E-state index in [1.807, 2.05) is 6.20 Å². The molecule has 0 saturated heterocycles. The molecule has 98 valence electrons. The van der Waals surface area contributed by atoms with Gasteiger partial charge in [0.2, 0.25) is 0 Å². The van der Waals surface area contributed by atoms with E-state index >= 15 is 0 Å². The van der Waals surface area contributed by atoms with E-state index in [0.29, 0.717) is 6.54 Å². The van der Waals surface area contributed by atoms with Gasteiger partial charge in [-0.15, -0.1) is 0 Å². The number of hydrogen-bond acceptors (Lipinski definition) is 3. The molecule has 3 rings (SSSR count). The van der Waals surface area contributed by atoms with Crippen molar-refractivity contribution >= 4 is 5.82 Å². The lowest BCUT2D eigenvalue weighted by molar-refractivity contribution is 0.337. The van der Waals surface area contributed by atoms with Gasteiger partial charge >= 0.3 is 0 Å². The van der Waals surface area contributed by atoms with Crippen LogP contribution in [-0.4, -0.2) is 18.6 Å². The summed E-state index contributed by atoms with van der Waals surface area (Å²) in [7, 11) is 2.16. The number of hydrogen-bond donors (Lipinski definition) is 1. The summed E-state index contributed by atoms with van der Waals surface area (Å²) in [4.78, 5) is 6.81. The Kier molecular flexibility index (Phi) is 3.25. The number of aromatic nitrogens is 1. The molecule has 2 fully saturated rings. The molecule has 1 aromatic rings. The first-order valence-corrected chi connectivity index (χ1v) is 7.12. The SMILES string of the molecule is CN(CC1CC2CCC1C2)c1ccc(CN)cn1. The Balaban J connectivity index is 1.62. The second-order valence-corrected chi connectivity index (χ2v) is 6.04. The van der Waals surface area contributed by atoms with Crippen LogP contribution in [0.3, 0.4) is 0 Å². The van der Waals surface area contributed by atoms with Crippen molar-refractivity contribution in [3.05, 3.63) is 23.9 Å². The zero-order valence-electron chi connectivity index (χ0n) is 11.2. The molecule has 0 spiro atoms. The van der Waals surface area contributed by atoms with E-state index in [-0.39, 0.29) is 0 Å². The fourth-order valence-electron chi connectivity index (χ4n) is 3.81. The molecule has 3 heteroatoms. The zero-order chi connectivity index (χ0) is 12.5. The predicted octanol–water partition coefficient (Wildman–Crippen LogP) is 2.41. The summed E-state index contributed by atoms with van der Waals surface area (Å²) in [5, 5.41) is 0. The van der Waals surface area contributed by atoms with Crippen LogP contribution in [0.5, 0.6) is 0 Å². The van der Waals surface area contributed by atoms with Gasteiger partial charge in [-0.05, 0) is 48.6 Å². The summed E-state index contributed by atoms with van der Waals surface area (Å²) >= 11 is 0. The molecule has 0 amide bonds. The molecule has 2 aliphatic carbocycles. The molecule has 0 radical (unpaired) electrons. The lowest BCUT2D eigenvalue weighted by Crippen LogP contribution is -2.29. The molecule has 3 atom stereocenters. The molecule has 3 unspecified atom stereocenters. The molecule has 2 aliphatic rings. The highest BCUT2D eigenvalue weighted by atomic mass is 15.2. The third kappa shape index (κ3) is 2.24. The van der Waals surface area contributed by atoms with Gasteiger partial charge in [0, 0.05) is 26.3 Å². The van der Waals surface area contributed by atoms with E-state index in [0.717, 1.165) is 35.7 Å². The highest BCUT2D eigenvalue weighted by Crippen LogP contribution is 2.48. The third-order valence-corrected chi connectivity index (χ3v) is 4.83. The largest absolute Gasteiger partial charge is 0.359 e. The van der Waals surface area contributed by atoms with E-state index in [2.05, 4.69) is 29.1 Å². The summed E-state index contributed by atoms with van der Waals surface area (Å²) in [5.74, 6) is 3.99. The monoisotopic (exact) mass is 245 g/mol. The molecule has 2 N–H and O–H groups in total. The van der Waals surface area contributed by atoms with Crippen LogP contribution >= 0.6 is 0 Å². The second kappa shape index (κ2) is 4.88. The molecule has 0 aliphatic heterocycles. The van der Waals surface area contributed by atoms with E-state index in [4.69, 9.17) is 5.73 Å². The minimum atomic E-state index is 0.573. The molecule has 1 heterocycles. The molecular formula is C15H23N3. The Bertz CT molecular complexity index is 401. The van der Waals surface area contributed by atoms with Crippen LogP contribution in [0.1, 0.15) is 31.2 Å². The van der Waals surface area contributed by atoms with Gasteiger partial charge in [0.25, 0.3) is 0 Å². The van der Waals surface area contributed by atoms with Crippen molar-refractivity contribution < 1.29 is 0 Å². The summed E-state index contributed by atoms with van der Waals surface area (Å²) < 4.78 is 0. The van der Waals surface area contributed by atoms with Crippen LogP contribution in [0.15, 0.2) is 18.3 Å². The van der Waals surface area contributed by atoms with Gasteiger partial charge in [-0.2, -0.15) is 0 Å². The fraction of sp³-hybridized carbons (Fsp3) is 0.667. The Morgan fingerprint density at radius 3 is 2.78 bits per heavy atom. The number of fused-ring (bicyclic) bond motifs is 2. The number of pyridine rings is 1. The van der Waals surface area contributed by atoms with Gasteiger partial charge in [0.1, 0.15) is 5.82 Å². The minimum absolute atomic E-state index is 0.573. The lowest BCUT2D eigenvalue weighted by atomic mass is 9.88. The normalized spacial score (nSPS) is 29.8. The molecule has 1 aromatic heterocycles. The Labute approximate surface area is 109 Å². The van der Waals surface area contributed by atoms with Gasteiger partial charge < -0.3 is 10.6 Å². The Hall–Kier alpha value is -1.09. The van der Waals surface area contributed by atoms with Crippen molar-refractivity contribution in [2.45, 2.75) is 32.2 Å². The summed E-state index contributed by atoms with van der Waals surface area (Å²) in [6, 6.07) is 4.18. The van der Waals surface area contributed by atoms with Crippen molar-refractivity contribution in [2.75, 3.05) is 18.5 Å². The average molecular weight is 245 g/mol. The molecule has 18 heavy (non-hydrogen) atoms. The number of rotatable bonds is 4. The molecule has 2 bridgehead atoms. The summed E-state index contributed by atoms with van der Waals surface area (Å²) in [6.45, 7) is 1.74. The Morgan fingerprint density at radius 1 is 1.33 bits per heavy atom. The maximum atomic E-state index is 5.60. The van der Waals surface area contributed by atoms with Crippen LogP contribution in [-0.2, 0) is 6.54 Å². The van der Waals surface area contributed by atoms with Gasteiger partial charge in [-0.1, -0.05) is 12.5 Å². The standard InChI is InChI=1S/C15H23N3/c1-18(15-5-3-12(8-16)9-17-15)10-14-7-11-2-4-13(14)6-11/h3,5,9,11,13-14H,2,4,6-8,10,16H2,1H3. The van der Waals surface area contributed by atoms with Crippen LogP contribution in [0.2, 0.25) is 0 Å². The zero-order valence-corrected chi connectivity index (χ0v) is 11.2. The molecule has 3 nitrogen and oxygen atoms in total. The van der Waals surface area contributed by atoms with E-state index in [1.54, 1.807) is 0 Å². The first-order chi connectivity index (χ1) is 8.76. The average Bonchev–Trinajstić information content (AvgIpc) is 3.01. The van der Waals surface area contributed by atoms with Gasteiger partial charge in [0.15, 0.2) is 0 Å². The lowest BCUT2D eigenvalue weighted by Gasteiger charge is -2.27. The first-order valence-electron chi connectivity index (χ1n) is 7.12. The van der Waals surface area contributed by atoms with Crippen molar-refractivity contribution in [1.29, 1.82) is 0 Å². The highest BCUT2D eigenvalue weighted by molar-refractivity contribution is 5.38. The number of anilines is 1. The van der Waals surface area contributed by atoms with Crippen LogP contribution in [0, 0.1) is 17.8 Å². The summed E-state index contributed by atoms with van der Waals surface area (Å²) in [6.07, 6.45) is 7.76. The first kappa shape index (κ1) is 12.0. The molecular weight excluding hydrogens is 222 g/mol. The summed E-state index contributed by atoms with van der Waals surface area (Å²) in [5.41, 5.74) is 6.70. The molecule has 2 saturated carbocycles. The van der Waals surface area contributed by atoms with Crippen LogP contribution < -0.4 is 10.6 Å². The number of nitrogens with zero attached hydrogens (tertiary/aromatic N) is 2. The smallest absolute Gasteiger partial charge is 0.128 e. The quantitative estimate of drug-likeness (QED) is 0.885. The van der Waals surface area contributed by atoms with Crippen molar-refractivity contribution in [2.24, 2.45) is 23.5 Å². The second-order valence-electron chi connectivity index (χ2n) is 6.04. The number of nitrogens with two attached hydrogens (primary N) is 1. The van der Waals surface area contributed by atoms with Crippen LogP contribution in [0.4, 0.5) is 5.82 Å².